The van der Waals surface area contributed by atoms with Crippen LogP contribution in [0, 0.1) is 0 Å². The van der Waals surface area contributed by atoms with Crippen LogP contribution in [0.25, 0.3) is 0 Å². The van der Waals surface area contributed by atoms with Crippen LogP contribution in [0.3, 0.4) is 0 Å². The number of nitrogens with two attached hydrogens (primary N) is 1. The summed E-state index contributed by atoms with van der Waals surface area (Å²) in [4.78, 5) is 10.3. The standard InChI is InChI=1S/C14H15BrN4S/c15-10-3-1-2-4-12(10)20-8-14-17-11(9-5-6-9)7-13(18-14)19-16/h1-4,7,9H,5-6,8,16H2,(H,17,18,19). The van der Waals surface area contributed by atoms with Gasteiger partial charge in [-0.1, -0.05) is 12.1 Å². The summed E-state index contributed by atoms with van der Waals surface area (Å²) < 4.78 is 1.10. The molecular formula is C14H15BrN4S. The normalized spacial score (nSPS) is 14.3. The molecule has 0 saturated heterocycles. The molecule has 2 aromatic rings. The lowest BCUT2D eigenvalue weighted by Gasteiger charge is -2.07. The number of halogens is 1. The van der Waals surface area contributed by atoms with E-state index in [1.807, 2.05) is 24.3 Å². The fourth-order valence-electron chi connectivity index (χ4n) is 1.95. The number of hydrazine groups is 1. The molecule has 0 atom stereocenters. The third kappa shape index (κ3) is 3.31. The average molecular weight is 351 g/mol. The molecule has 3 N–H and O–H groups in total. The first-order valence-electron chi connectivity index (χ1n) is 6.48. The van der Waals surface area contributed by atoms with Gasteiger partial charge in [-0.2, -0.15) is 0 Å². The molecule has 6 heteroatoms. The number of rotatable bonds is 5. The van der Waals surface area contributed by atoms with Gasteiger partial charge in [0.2, 0.25) is 0 Å². The highest BCUT2D eigenvalue weighted by molar-refractivity contribution is 9.10. The number of nitrogen functional groups attached to an aromatic ring is 1. The van der Waals surface area contributed by atoms with Crippen molar-refractivity contribution < 1.29 is 0 Å². The van der Waals surface area contributed by atoms with Crippen LogP contribution in [0.1, 0.15) is 30.3 Å². The van der Waals surface area contributed by atoms with Gasteiger partial charge in [0.05, 0.1) is 5.75 Å². The Morgan fingerprint density at radius 2 is 2.10 bits per heavy atom. The number of hydrogen-bond donors (Lipinski definition) is 2. The SMILES string of the molecule is NNc1cc(C2CC2)nc(CSc2ccccc2Br)n1. The first-order chi connectivity index (χ1) is 9.76. The highest BCUT2D eigenvalue weighted by Gasteiger charge is 2.26. The summed E-state index contributed by atoms with van der Waals surface area (Å²) in [6.45, 7) is 0. The second-order valence-electron chi connectivity index (χ2n) is 4.73. The van der Waals surface area contributed by atoms with Crippen LogP contribution >= 0.6 is 27.7 Å². The van der Waals surface area contributed by atoms with Crippen LogP contribution in [0.4, 0.5) is 5.82 Å². The first kappa shape index (κ1) is 13.9. The fourth-order valence-corrected chi connectivity index (χ4v) is 3.37. The van der Waals surface area contributed by atoms with E-state index < -0.39 is 0 Å². The molecule has 0 unspecified atom stereocenters. The Morgan fingerprint density at radius 1 is 1.30 bits per heavy atom. The minimum atomic E-state index is 0.595. The van der Waals surface area contributed by atoms with Gasteiger partial charge < -0.3 is 5.43 Å². The maximum atomic E-state index is 5.48. The monoisotopic (exact) mass is 350 g/mol. The Labute approximate surface area is 130 Å². The number of nitrogens with one attached hydrogen (secondary N) is 1. The zero-order chi connectivity index (χ0) is 13.9. The van der Waals surface area contributed by atoms with E-state index in [-0.39, 0.29) is 0 Å². The van der Waals surface area contributed by atoms with Crippen LogP contribution in [-0.2, 0) is 5.75 Å². The van der Waals surface area contributed by atoms with Crippen LogP contribution < -0.4 is 11.3 Å². The fraction of sp³-hybridized carbons (Fsp3) is 0.286. The summed E-state index contributed by atoms with van der Waals surface area (Å²) in [6, 6.07) is 10.1. The largest absolute Gasteiger partial charge is 0.308 e. The van der Waals surface area contributed by atoms with E-state index in [0.29, 0.717) is 11.7 Å². The van der Waals surface area contributed by atoms with Crippen LogP contribution in [0.15, 0.2) is 39.7 Å². The van der Waals surface area contributed by atoms with E-state index in [2.05, 4.69) is 37.4 Å². The molecule has 1 aromatic carbocycles. The Balaban J connectivity index is 1.76. The van der Waals surface area contributed by atoms with Crippen molar-refractivity contribution in [3.05, 3.63) is 46.3 Å². The first-order valence-corrected chi connectivity index (χ1v) is 8.26. The van der Waals surface area contributed by atoms with E-state index in [1.54, 1.807) is 11.8 Å². The Kier molecular flexibility index (Phi) is 4.24. The van der Waals surface area contributed by atoms with Crippen LogP contribution in [-0.4, -0.2) is 9.97 Å². The summed E-state index contributed by atoms with van der Waals surface area (Å²) >= 11 is 5.27. The molecule has 0 radical (unpaired) electrons. The number of nitrogens with zero attached hydrogens (tertiary/aromatic N) is 2. The molecule has 1 saturated carbocycles. The highest BCUT2D eigenvalue weighted by Crippen LogP contribution is 2.39. The molecule has 1 aliphatic carbocycles. The Bertz CT molecular complexity index is 616. The molecular weight excluding hydrogens is 336 g/mol. The minimum absolute atomic E-state index is 0.595. The van der Waals surface area contributed by atoms with Crippen molar-refractivity contribution >= 4 is 33.5 Å². The molecule has 0 bridgehead atoms. The van der Waals surface area contributed by atoms with Gasteiger partial charge in [0.15, 0.2) is 0 Å². The zero-order valence-corrected chi connectivity index (χ0v) is 13.2. The third-order valence-electron chi connectivity index (χ3n) is 3.13. The van der Waals surface area contributed by atoms with Crippen molar-refractivity contribution in [3.8, 4) is 0 Å². The molecule has 3 rings (SSSR count). The predicted molar refractivity (Wildman–Crippen MR) is 85.5 cm³/mol. The van der Waals surface area contributed by atoms with Crippen molar-refractivity contribution in [2.45, 2.75) is 29.4 Å². The zero-order valence-electron chi connectivity index (χ0n) is 10.8. The van der Waals surface area contributed by atoms with Gasteiger partial charge in [0.1, 0.15) is 11.6 Å². The molecule has 0 aliphatic heterocycles. The molecule has 1 heterocycles. The number of aromatic nitrogens is 2. The van der Waals surface area contributed by atoms with Crippen molar-refractivity contribution in [3.63, 3.8) is 0 Å². The number of thioether (sulfide) groups is 1. The predicted octanol–water partition coefficient (Wildman–Crippen LogP) is 3.69. The quantitative estimate of drug-likeness (QED) is 0.489. The van der Waals surface area contributed by atoms with E-state index in [9.17, 15) is 0 Å². The van der Waals surface area contributed by atoms with E-state index in [4.69, 9.17) is 5.84 Å². The van der Waals surface area contributed by atoms with Gasteiger partial charge >= 0.3 is 0 Å². The van der Waals surface area contributed by atoms with E-state index in [1.165, 1.54) is 17.7 Å². The van der Waals surface area contributed by atoms with Gasteiger partial charge in [-0.3, -0.25) is 0 Å². The average Bonchev–Trinajstić information content (AvgIpc) is 3.31. The Morgan fingerprint density at radius 3 is 2.80 bits per heavy atom. The summed E-state index contributed by atoms with van der Waals surface area (Å²) in [5.41, 5.74) is 3.74. The lowest BCUT2D eigenvalue weighted by atomic mass is 10.3. The molecule has 0 amide bonds. The summed E-state index contributed by atoms with van der Waals surface area (Å²) in [6.07, 6.45) is 2.44. The third-order valence-corrected chi connectivity index (χ3v) is 5.15. The van der Waals surface area contributed by atoms with Gasteiger partial charge in [-0.15, -0.1) is 11.8 Å². The second kappa shape index (κ2) is 6.11. The van der Waals surface area contributed by atoms with E-state index in [0.717, 1.165) is 21.7 Å². The van der Waals surface area contributed by atoms with Gasteiger partial charge in [-0.25, -0.2) is 15.8 Å². The van der Waals surface area contributed by atoms with Crippen LogP contribution in [0.2, 0.25) is 0 Å². The van der Waals surface area contributed by atoms with Crippen molar-refractivity contribution in [1.29, 1.82) is 0 Å². The highest BCUT2D eigenvalue weighted by atomic mass is 79.9. The lowest BCUT2D eigenvalue weighted by molar-refractivity contribution is 0.930. The molecule has 4 nitrogen and oxygen atoms in total. The van der Waals surface area contributed by atoms with Crippen LogP contribution in [0.5, 0.6) is 0 Å². The molecule has 0 spiro atoms. The van der Waals surface area contributed by atoms with Gasteiger partial charge in [0, 0.05) is 27.0 Å². The second-order valence-corrected chi connectivity index (χ2v) is 6.60. The summed E-state index contributed by atoms with van der Waals surface area (Å²) in [5, 5.41) is 0. The van der Waals surface area contributed by atoms with Crippen molar-refractivity contribution in [1.82, 2.24) is 9.97 Å². The number of hydrogen-bond acceptors (Lipinski definition) is 5. The summed E-state index contributed by atoms with van der Waals surface area (Å²) in [7, 11) is 0. The van der Waals surface area contributed by atoms with Gasteiger partial charge in [0.25, 0.3) is 0 Å². The number of benzene rings is 1. The van der Waals surface area contributed by atoms with Crippen molar-refractivity contribution in [2.75, 3.05) is 5.43 Å². The molecule has 20 heavy (non-hydrogen) atoms. The Hall–Kier alpha value is -1.11. The topological polar surface area (TPSA) is 63.8 Å². The number of anilines is 1. The van der Waals surface area contributed by atoms with Crippen molar-refractivity contribution in [2.24, 2.45) is 5.84 Å². The summed E-state index contributed by atoms with van der Waals surface area (Å²) in [5.74, 6) is 8.33. The smallest absolute Gasteiger partial charge is 0.143 e. The van der Waals surface area contributed by atoms with Gasteiger partial charge in [-0.05, 0) is 40.9 Å². The molecule has 104 valence electrons. The maximum Gasteiger partial charge on any atom is 0.143 e. The molecule has 1 fully saturated rings. The minimum Gasteiger partial charge on any atom is -0.308 e. The molecule has 1 aromatic heterocycles. The maximum absolute atomic E-state index is 5.48. The lowest BCUT2D eigenvalue weighted by Crippen LogP contribution is -2.11. The van der Waals surface area contributed by atoms with E-state index >= 15 is 0 Å². The molecule has 1 aliphatic rings.